The molecule has 7 heteroatoms. The largest absolute Gasteiger partial charge is 0.503 e. The zero-order valence-corrected chi connectivity index (χ0v) is 10.7. The molecule has 0 rings (SSSR count). The smallest absolute Gasteiger partial charge is 0.450 e. The van der Waals surface area contributed by atoms with Gasteiger partial charge >= 0.3 is 6.16 Å². The molecule has 0 aliphatic carbocycles. The van der Waals surface area contributed by atoms with Crippen LogP contribution in [0.5, 0.6) is 0 Å². The van der Waals surface area contributed by atoms with E-state index >= 15 is 0 Å². The van der Waals surface area contributed by atoms with Gasteiger partial charge in [-0.25, -0.2) is 4.79 Å². The van der Waals surface area contributed by atoms with E-state index in [0.29, 0.717) is 0 Å². The highest BCUT2D eigenvalue weighted by Crippen LogP contribution is 2.27. The number of rotatable bonds is 0. The van der Waals surface area contributed by atoms with Crippen molar-refractivity contribution in [3.05, 3.63) is 6.78 Å². The molecule has 0 aromatic carbocycles. The first kappa shape index (κ1) is 13.5. The van der Waals surface area contributed by atoms with E-state index in [0.717, 1.165) is 6.78 Å². The van der Waals surface area contributed by atoms with Crippen molar-refractivity contribution < 1.29 is 15.0 Å². The molecule has 0 aromatic heterocycles. The molecule has 0 atom stereocenters. The van der Waals surface area contributed by atoms with Gasteiger partial charge in [-0.15, -0.1) is 0 Å². The second-order valence-corrected chi connectivity index (χ2v) is 6.10. The summed E-state index contributed by atoms with van der Waals surface area (Å²) in [7, 11) is 0. The van der Waals surface area contributed by atoms with Crippen molar-refractivity contribution in [3.8, 4) is 0 Å². The summed E-state index contributed by atoms with van der Waals surface area (Å²) in [5.41, 5.74) is 0. The molecule has 2 N–H and O–H groups in total. The summed E-state index contributed by atoms with van der Waals surface area (Å²) in [5.74, 6) is 0. The summed E-state index contributed by atoms with van der Waals surface area (Å²) >= 11 is 12.6. The first-order valence-electron chi connectivity index (χ1n) is 1.66. The normalized spacial score (nSPS) is 7.20. The van der Waals surface area contributed by atoms with Gasteiger partial charge in [0.15, 0.2) is 0 Å². The van der Waals surface area contributed by atoms with Crippen LogP contribution >= 0.6 is 63.7 Å². The molecule has 0 radical (unpaired) electrons. The number of halogens is 4. The van der Waals surface area contributed by atoms with Gasteiger partial charge in [0.2, 0.25) is 0 Å². The Bertz CT molecular complexity index is 121. The summed E-state index contributed by atoms with van der Waals surface area (Å²) < 4.78 is 1.77. The number of carboxylic acid groups (broad SMARTS) is 2. The summed E-state index contributed by atoms with van der Waals surface area (Å²) in [4.78, 5) is 8.56. The summed E-state index contributed by atoms with van der Waals surface area (Å²) in [6, 6.07) is 0. The quantitative estimate of drug-likeness (QED) is 0.642. The van der Waals surface area contributed by atoms with Gasteiger partial charge in [0.05, 0.1) is 6.78 Å². The van der Waals surface area contributed by atoms with Crippen molar-refractivity contribution >= 4 is 69.9 Å². The third kappa shape index (κ3) is 23.1. The standard InChI is InChI=1S/C2Br4.CH2O3/c3-1(4)2(5)6;2-1(3)4/h;(H2,2,3,4). The fraction of sp³-hybridized carbons (Fsp3) is 0. The van der Waals surface area contributed by atoms with Crippen molar-refractivity contribution in [3.63, 3.8) is 0 Å². The Morgan fingerprint density at radius 2 is 1.00 bits per heavy atom. The van der Waals surface area contributed by atoms with Crippen LogP contribution in [0, 0.1) is 0 Å². The van der Waals surface area contributed by atoms with Crippen molar-refractivity contribution in [1.29, 1.82) is 0 Å². The number of hydrogen-bond donors (Lipinski definition) is 2. The minimum atomic E-state index is -1.83. The predicted octanol–water partition coefficient (Wildman–Crippen LogP) is 3.92. The van der Waals surface area contributed by atoms with Crippen LogP contribution in [0.4, 0.5) is 4.79 Å². The van der Waals surface area contributed by atoms with E-state index in [4.69, 9.17) is 15.0 Å². The zero-order valence-electron chi connectivity index (χ0n) is 4.31. The van der Waals surface area contributed by atoms with E-state index in [1.165, 1.54) is 0 Å². The van der Waals surface area contributed by atoms with Gasteiger partial charge in [0.1, 0.15) is 0 Å². The maximum absolute atomic E-state index is 8.56. The minimum absolute atomic E-state index is 0.884. The Labute approximate surface area is 91.0 Å². The molecule has 0 aliphatic heterocycles. The maximum atomic E-state index is 8.56. The molecule has 0 heterocycles. The van der Waals surface area contributed by atoms with E-state index in [9.17, 15) is 0 Å². The summed E-state index contributed by atoms with van der Waals surface area (Å²) in [6.45, 7) is 0. The second kappa shape index (κ2) is 8.03. The lowest BCUT2D eigenvalue weighted by molar-refractivity contribution is 0.137. The predicted molar refractivity (Wildman–Crippen MR) is 53.4 cm³/mol. The number of hydrogen-bond acceptors (Lipinski definition) is 1. The first-order chi connectivity index (χ1) is 4.37. The molecule has 0 unspecified atom stereocenters. The molecule has 0 spiro atoms. The summed E-state index contributed by atoms with van der Waals surface area (Å²) in [5, 5.41) is 13.9. The fourth-order valence-electron chi connectivity index (χ4n) is 0. The molecule has 0 saturated heterocycles. The topological polar surface area (TPSA) is 57.5 Å². The van der Waals surface area contributed by atoms with Crippen LogP contribution < -0.4 is 0 Å². The molecule has 0 fully saturated rings. The van der Waals surface area contributed by atoms with E-state index in [2.05, 4.69) is 63.7 Å². The van der Waals surface area contributed by atoms with Gasteiger partial charge in [0.25, 0.3) is 0 Å². The van der Waals surface area contributed by atoms with Crippen LogP contribution in [0.2, 0.25) is 0 Å². The van der Waals surface area contributed by atoms with E-state index in [-0.39, 0.29) is 0 Å². The Morgan fingerprint density at radius 3 is 1.00 bits per heavy atom. The molecular formula is C3H2Br4O3. The van der Waals surface area contributed by atoms with Crippen molar-refractivity contribution in [1.82, 2.24) is 0 Å². The highest BCUT2D eigenvalue weighted by molar-refractivity contribution is 9.32. The van der Waals surface area contributed by atoms with Crippen LogP contribution in [0.1, 0.15) is 0 Å². The molecule has 10 heavy (non-hydrogen) atoms. The maximum Gasteiger partial charge on any atom is 0.503 e. The Balaban J connectivity index is 0. The SMILES string of the molecule is BrC(Br)=C(Br)Br.O=C(O)O. The van der Waals surface area contributed by atoms with Gasteiger partial charge in [-0.2, -0.15) is 0 Å². The molecule has 0 saturated carbocycles. The highest BCUT2D eigenvalue weighted by atomic mass is 79.9. The molecule has 3 nitrogen and oxygen atoms in total. The van der Waals surface area contributed by atoms with Crippen molar-refractivity contribution in [2.75, 3.05) is 0 Å². The van der Waals surface area contributed by atoms with E-state index < -0.39 is 6.16 Å². The third-order valence-corrected chi connectivity index (χ3v) is 3.86. The van der Waals surface area contributed by atoms with Gasteiger partial charge in [-0.1, -0.05) is 0 Å². The Hall–Kier alpha value is 0.930. The van der Waals surface area contributed by atoms with E-state index in [1.54, 1.807) is 0 Å². The average Bonchev–Trinajstić information content (AvgIpc) is 1.63. The van der Waals surface area contributed by atoms with Crippen LogP contribution in [0.15, 0.2) is 6.78 Å². The lowest BCUT2D eigenvalue weighted by Gasteiger charge is -1.78. The Morgan fingerprint density at radius 1 is 0.900 bits per heavy atom. The van der Waals surface area contributed by atoms with Crippen LogP contribution in [0.25, 0.3) is 0 Å². The third-order valence-electron chi connectivity index (χ3n) is 0.143. The van der Waals surface area contributed by atoms with Crippen LogP contribution in [-0.4, -0.2) is 16.4 Å². The monoisotopic (exact) mass is 402 g/mol. The molecule has 0 amide bonds. The van der Waals surface area contributed by atoms with E-state index in [1.807, 2.05) is 0 Å². The number of carbonyl (C=O) groups is 1. The molecule has 0 aromatic rings. The second-order valence-electron chi connectivity index (χ2n) is 0.803. The van der Waals surface area contributed by atoms with Crippen molar-refractivity contribution in [2.45, 2.75) is 0 Å². The van der Waals surface area contributed by atoms with Gasteiger partial charge in [-0.05, 0) is 63.7 Å². The van der Waals surface area contributed by atoms with Gasteiger partial charge in [0, 0.05) is 0 Å². The summed E-state index contributed by atoms with van der Waals surface area (Å²) in [6.07, 6.45) is -1.83. The highest BCUT2D eigenvalue weighted by Gasteiger charge is 1.85. The van der Waals surface area contributed by atoms with Crippen LogP contribution in [0.3, 0.4) is 0 Å². The molecular weight excluding hydrogens is 404 g/mol. The zero-order chi connectivity index (χ0) is 8.73. The van der Waals surface area contributed by atoms with Crippen molar-refractivity contribution in [2.24, 2.45) is 0 Å². The average molecular weight is 406 g/mol. The Kier molecular flexibility index (Phi) is 10.9. The fourth-order valence-corrected chi connectivity index (χ4v) is 0. The van der Waals surface area contributed by atoms with Crippen LogP contribution in [-0.2, 0) is 0 Å². The molecule has 0 aliphatic rings. The lowest BCUT2D eigenvalue weighted by atomic mass is 11.3. The van der Waals surface area contributed by atoms with Gasteiger partial charge in [-0.3, -0.25) is 0 Å². The van der Waals surface area contributed by atoms with Gasteiger partial charge < -0.3 is 10.2 Å². The first-order valence-corrected chi connectivity index (χ1v) is 4.83. The minimum Gasteiger partial charge on any atom is -0.450 e. The molecule has 0 bridgehead atoms. The lowest BCUT2D eigenvalue weighted by Crippen LogP contribution is -1.81. The molecule has 60 valence electrons.